The van der Waals surface area contributed by atoms with Gasteiger partial charge in [0.1, 0.15) is 19.5 Å². The van der Waals surface area contributed by atoms with Crippen LogP contribution in [0.2, 0.25) is 0 Å². The van der Waals surface area contributed by atoms with Gasteiger partial charge in [0, 0.05) is 19.3 Å². The maximum Gasteiger partial charge on any atom is 0.119 e. The summed E-state index contributed by atoms with van der Waals surface area (Å²) in [4.78, 5) is 4.77. The van der Waals surface area contributed by atoms with E-state index in [-0.39, 0.29) is 0 Å². The van der Waals surface area contributed by atoms with E-state index in [1.807, 2.05) is 48.5 Å². The molecule has 0 heterocycles. The van der Waals surface area contributed by atoms with E-state index in [9.17, 15) is 0 Å². The highest BCUT2D eigenvalue weighted by molar-refractivity contribution is 5.90. The third-order valence-electron chi connectivity index (χ3n) is 3.42. The Balaban J connectivity index is 1.99. The average Bonchev–Trinajstić information content (AvgIpc) is 2.64. The van der Waals surface area contributed by atoms with Crippen LogP contribution in [0.5, 0.6) is 5.75 Å². The second kappa shape index (κ2) is 10.2. The second-order valence-corrected chi connectivity index (χ2v) is 5.09. The van der Waals surface area contributed by atoms with Crippen LogP contribution in [0, 0.1) is 0 Å². The minimum atomic E-state index is 0.556. The fraction of sp³-hybridized carbons (Fsp3) is 0.250. The average molecular weight is 325 g/mol. The van der Waals surface area contributed by atoms with Gasteiger partial charge >= 0.3 is 0 Å². The molecule has 0 aliphatic rings. The van der Waals surface area contributed by atoms with Crippen molar-refractivity contribution in [1.82, 2.24) is 0 Å². The number of methoxy groups -OCH3 is 1. The Morgan fingerprint density at radius 2 is 1.75 bits per heavy atom. The molecular weight excluding hydrogens is 302 g/mol. The molecule has 0 unspecified atom stereocenters. The molecule has 2 aromatic carbocycles. The van der Waals surface area contributed by atoms with E-state index in [4.69, 9.17) is 14.3 Å². The molecule has 0 fully saturated rings. The summed E-state index contributed by atoms with van der Waals surface area (Å²) in [5.74, 6) is 0.846. The highest BCUT2D eigenvalue weighted by Gasteiger charge is 2.03. The Kier molecular flexibility index (Phi) is 7.57. The first kappa shape index (κ1) is 17.8. The lowest BCUT2D eigenvalue weighted by Crippen LogP contribution is -1.94. The summed E-state index contributed by atoms with van der Waals surface area (Å²) in [5, 5.41) is 3.85. The number of benzene rings is 2. The number of hydrogen-bond acceptors (Lipinski definition) is 4. The molecule has 0 spiro atoms. The van der Waals surface area contributed by atoms with Crippen molar-refractivity contribution < 1.29 is 14.3 Å². The number of rotatable bonds is 9. The van der Waals surface area contributed by atoms with Gasteiger partial charge in [0.25, 0.3) is 0 Å². The summed E-state index contributed by atoms with van der Waals surface area (Å²) in [6.45, 7) is 1.29. The van der Waals surface area contributed by atoms with E-state index < -0.39 is 0 Å². The van der Waals surface area contributed by atoms with Crippen molar-refractivity contribution in [2.24, 2.45) is 5.16 Å². The first-order chi connectivity index (χ1) is 11.8. The molecule has 0 aromatic heterocycles. The summed E-state index contributed by atoms with van der Waals surface area (Å²) in [6, 6.07) is 16.1. The molecule has 4 heteroatoms. The fourth-order valence-electron chi connectivity index (χ4n) is 2.23. The van der Waals surface area contributed by atoms with Crippen molar-refractivity contribution in [1.29, 1.82) is 0 Å². The fourth-order valence-corrected chi connectivity index (χ4v) is 2.23. The van der Waals surface area contributed by atoms with Crippen LogP contribution in [0.15, 0.2) is 65.8 Å². The summed E-state index contributed by atoms with van der Waals surface area (Å²) in [7, 11) is 3.24. The zero-order valence-electron chi connectivity index (χ0n) is 14.1. The Morgan fingerprint density at radius 1 is 0.958 bits per heavy atom. The number of oxime groups is 1. The van der Waals surface area contributed by atoms with Gasteiger partial charge in [-0.15, -0.1) is 0 Å². The Bertz CT molecular complexity index is 663. The van der Waals surface area contributed by atoms with Gasteiger partial charge in [0.2, 0.25) is 0 Å². The van der Waals surface area contributed by atoms with Crippen molar-refractivity contribution in [3.63, 3.8) is 0 Å². The molecule has 0 N–H and O–H groups in total. The molecule has 0 aliphatic carbocycles. The molecular formula is C20H23NO3. The van der Waals surface area contributed by atoms with Crippen LogP contribution < -0.4 is 4.74 Å². The van der Waals surface area contributed by atoms with Gasteiger partial charge in [0.15, 0.2) is 0 Å². The molecule has 4 nitrogen and oxygen atoms in total. The number of nitrogens with zero attached hydrogens (tertiary/aromatic N) is 1. The van der Waals surface area contributed by atoms with Gasteiger partial charge in [-0.3, -0.25) is 0 Å². The normalized spacial score (nSPS) is 11.2. The molecule has 0 radical (unpaired) electrons. The largest absolute Gasteiger partial charge is 0.490 e. The summed E-state index contributed by atoms with van der Waals surface area (Å²) >= 11 is 0. The predicted octanol–water partition coefficient (Wildman–Crippen LogP) is 4.31. The van der Waals surface area contributed by atoms with Crippen molar-refractivity contribution >= 4 is 6.21 Å². The van der Waals surface area contributed by atoms with Crippen molar-refractivity contribution in [2.75, 3.05) is 27.4 Å². The molecule has 0 aliphatic heterocycles. The SMILES string of the molecule is COCC/C=C\COc1ccc(-c2ccccc2/C=N/OC)cc1. The first-order valence-corrected chi connectivity index (χ1v) is 7.88. The Labute approximate surface area is 143 Å². The quantitative estimate of drug-likeness (QED) is 0.299. The van der Waals surface area contributed by atoms with Crippen LogP contribution in [0.4, 0.5) is 0 Å². The van der Waals surface area contributed by atoms with Crippen LogP contribution in [0.1, 0.15) is 12.0 Å². The maximum atomic E-state index is 5.70. The monoisotopic (exact) mass is 325 g/mol. The highest BCUT2D eigenvalue weighted by atomic mass is 16.6. The first-order valence-electron chi connectivity index (χ1n) is 7.88. The van der Waals surface area contributed by atoms with Gasteiger partial charge in [-0.25, -0.2) is 0 Å². The number of hydrogen-bond donors (Lipinski definition) is 0. The summed E-state index contributed by atoms with van der Waals surface area (Å²) < 4.78 is 10.7. The van der Waals surface area contributed by atoms with E-state index >= 15 is 0 Å². The van der Waals surface area contributed by atoms with Crippen molar-refractivity contribution in [3.8, 4) is 16.9 Å². The smallest absolute Gasteiger partial charge is 0.119 e. The molecule has 0 amide bonds. The lowest BCUT2D eigenvalue weighted by atomic mass is 10.0. The van der Waals surface area contributed by atoms with Crippen LogP contribution in [-0.4, -0.2) is 33.6 Å². The predicted molar refractivity (Wildman–Crippen MR) is 97.6 cm³/mol. The summed E-state index contributed by atoms with van der Waals surface area (Å²) in [6.07, 6.45) is 6.68. The molecule has 2 aromatic rings. The number of ether oxygens (including phenoxy) is 2. The zero-order chi connectivity index (χ0) is 17.0. The van der Waals surface area contributed by atoms with E-state index in [0.717, 1.165) is 35.5 Å². The van der Waals surface area contributed by atoms with E-state index in [1.165, 1.54) is 7.11 Å². The van der Waals surface area contributed by atoms with Crippen molar-refractivity contribution in [2.45, 2.75) is 6.42 Å². The minimum Gasteiger partial charge on any atom is -0.490 e. The van der Waals surface area contributed by atoms with Gasteiger partial charge in [-0.05, 0) is 29.7 Å². The van der Waals surface area contributed by atoms with Gasteiger partial charge in [-0.2, -0.15) is 0 Å². The lowest BCUT2D eigenvalue weighted by molar-refractivity contribution is 0.204. The van der Waals surface area contributed by atoms with Gasteiger partial charge in [0.05, 0.1) is 6.21 Å². The third-order valence-corrected chi connectivity index (χ3v) is 3.42. The lowest BCUT2D eigenvalue weighted by Gasteiger charge is -2.08. The molecule has 0 bridgehead atoms. The van der Waals surface area contributed by atoms with Crippen LogP contribution >= 0.6 is 0 Å². The topological polar surface area (TPSA) is 40.0 Å². The van der Waals surface area contributed by atoms with Crippen LogP contribution in [0.3, 0.4) is 0 Å². The van der Waals surface area contributed by atoms with Crippen molar-refractivity contribution in [3.05, 3.63) is 66.2 Å². The van der Waals surface area contributed by atoms with E-state index in [2.05, 4.69) is 17.3 Å². The molecule has 0 saturated carbocycles. The summed E-state index contributed by atoms with van der Waals surface area (Å²) in [5.41, 5.74) is 3.22. The van der Waals surface area contributed by atoms with Gasteiger partial charge in [-0.1, -0.05) is 53.7 Å². The highest BCUT2D eigenvalue weighted by Crippen LogP contribution is 2.25. The molecule has 2 rings (SSSR count). The third kappa shape index (κ3) is 5.56. The Hall–Kier alpha value is -2.59. The van der Waals surface area contributed by atoms with Crippen LogP contribution in [0.25, 0.3) is 11.1 Å². The zero-order valence-corrected chi connectivity index (χ0v) is 14.1. The molecule has 0 atom stereocenters. The van der Waals surface area contributed by atoms with E-state index in [0.29, 0.717) is 6.61 Å². The Morgan fingerprint density at radius 3 is 2.50 bits per heavy atom. The van der Waals surface area contributed by atoms with Crippen LogP contribution in [-0.2, 0) is 9.57 Å². The molecule has 0 saturated heterocycles. The molecule has 24 heavy (non-hydrogen) atoms. The minimum absolute atomic E-state index is 0.556. The standard InChI is InChI=1S/C20H23NO3/c1-22-14-6-3-7-15-24-19-12-10-17(11-13-19)20-9-5-4-8-18(20)16-21-23-2/h3-5,7-13,16H,6,14-15H2,1-2H3/b7-3-,21-16+. The maximum absolute atomic E-state index is 5.70. The second-order valence-electron chi connectivity index (χ2n) is 5.09. The van der Waals surface area contributed by atoms with E-state index in [1.54, 1.807) is 13.3 Å². The molecule has 126 valence electrons. The van der Waals surface area contributed by atoms with Gasteiger partial charge < -0.3 is 14.3 Å².